The third kappa shape index (κ3) is 8.37. The summed E-state index contributed by atoms with van der Waals surface area (Å²) in [5.74, 6) is -0.0159. The number of sulfonamides is 1. The molecule has 1 aliphatic heterocycles. The van der Waals surface area contributed by atoms with Gasteiger partial charge in [-0.25, -0.2) is 18.1 Å². The van der Waals surface area contributed by atoms with Crippen LogP contribution in [0, 0.1) is 13.8 Å². The predicted octanol–water partition coefficient (Wildman–Crippen LogP) is 7.42. The van der Waals surface area contributed by atoms with E-state index in [2.05, 4.69) is 53.7 Å². The van der Waals surface area contributed by atoms with Gasteiger partial charge in [0, 0.05) is 31.6 Å². The summed E-state index contributed by atoms with van der Waals surface area (Å²) in [5, 5.41) is 0. The lowest BCUT2D eigenvalue weighted by Gasteiger charge is -2.27. The number of carbonyl (C=O) groups is 1. The predicted molar refractivity (Wildman–Crippen MR) is 208 cm³/mol. The van der Waals surface area contributed by atoms with E-state index in [-0.39, 0.29) is 4.24 Å². The van der Waals surface area contributed by atoms with Crippen LogP contribution in [0.15, 0.2) is 114 Å². The van der Waals surface area contributed by atoms with Crippen molar-refractivity contribution < 1.29 is 17.9 Å². The molecular formula is C41H44N4O4S2. The average Bonchev–Trinajstić information content (AvgIpc) is 3.48. The SMILES string of the molecule is C=C/C(=C(\SCN1CCOCC1)S(=O)(=O)NC(=O)C(c1ccccc1)c1ccccc1)c1ccc(Cn2c(CC)nc3c(C)cc(C)cc32)cc1. The Labute approximate surface area is 305 Å². The number of carbonyl (C=O) groups excluding carboxylic acids is 1. The first-order valence-electron chi connectivity index (χ1n) is 17.2. The zero-order chi connectivity index (χ0) is 36.0. The van der Waals surface area contributed by atoms with Crippen molar-refractivity contribution in [3.05, 3.63) is 153 Å². The monoisotopic (exact) mass is 720 g/mol. The number of aromatic nitrogens is 2. The van der Waals surface area contributed by atoms with E-state index in [1.54, 1.807) is 6.08 Å². The number of hydrogen-bond acceptors (Lipinski definition) is 7. The molecule has 4 aromatic carbocycles. The van der Waals surface area contributed by atoms with Gasteiger partial charge in [0.05, 0.1) is 36.0 Å². The first-order chi connectivity index (χ1) is 24.7. The van der Waals surface area contributed by atoms with Crippen LogP contribution in [0.2, 0.25) is 0 Å². The topological polar surface area (TPSA) is 93.5 Å². The summed E-state index contributed by atoms with van der Waals surface area (Å²) in [5.41, 5.74) is 8.05. The van der Waals surface area contributed by atoms with Crippen molar-refractivity contribution in [2.24, 2.45) is 0 Å². The lowest BCUT2D eigenvalue weighted by atomic mass is 9.91. The lowest BCUT2D eigenvalue weighted by Crippen LogP contribution is -2.38. The molecule has 10 heteroatoms. The van der Waals surface area contributed by atoms with Gasteiger partial charge in [-0.2, -0.15) is 0 Å². The molecule has 2 heterocycles. The molecule has 1 fully saturated rings. The fourth-order valence-electron chi connectivity index (χ4n) is 6.56. The van der Waals surface area contributed by atoms with Crippen LogP contribution in [0.5, 0.6) is 0 Å². The van der Waals surface area contributed by atoms with Gasteiger partial charge in [0.2, 0.25) is 5.91 Å². The van der Waals surface area contributed by atoms with Crippen molar-refractivity contribution in [1.29, 1.82) is 0 Å². The number of imidazole rings is 1. The molecule has 0 atom stereocenters. The maximum absolute atomic E-state index is 14.4. The molecule has 8 nitrogen and oxygen atoms in total. The van der Waals surface area contributed by atoms with E-state index in [0.717, 1.165) is 34.4 Å². The van der Waals surface area contributed by atoms with Gasteiger partial charge in [0.1, 0.15) is 10.1 Å². The fraction of sp³-hybridized carbons (Fsp3) is 0.268. The van der Waals surface area contributed by atoms with Gasteiger partial charge >= 0.3 is 0 Å². The molecule has 1 saturated heterocycles. The summed E-state index contributed by atoms with van der Waals surface area (Å²) < 4.78 is 39.0. The molecule has 0 bridgehead atoms. The minimum Gasteiger partial charge on any atom is -0.379 e. The van der Waals surface area contributed by atoms with E-state index in [1.807, 2.05) is 84.9 Å². The Hall–Kier alpha value is -4.48. The van der Waals surface area contributed by atoms with Gasteiger partial charge in [-0.05, 0) is 53.3 Å². The number of thioether (sulfide) groups is 1. The van der Waals surface area contributed by atoms with Crippen LogP contribution in [0.1, 0.15) is 52.0 Å². The molecular weight excluding hydrogens is 677 g/mol. The molecule has 5 aromatic rings. The molecule has 6 rings (SSSR count). The second-order valence-electron chi connectivity index (χ2n) is 12.7. The summed E-state index contributed by atoms with van der Waals surface area (Å²) in [6.45, 7) is 13.5. The molecule has 1 N–H and O–H groups in total. The second-order valence-corrected chi connectivity index (χ2v) is 15.6. The third-order valence-electron chi connectivity index (χ3n) is 9.10. The molecule has 0 spiro atoms. The van der Waals surface area contributed by atoms with Crippen LogP contribution in [-0.4, -0.2) is 61.0 Å². The number of morpholine rings is 1. The summed E-state index contributed by atoms with van der Waals surface area (Å²) >= 11 is 1.19. The molecule has 1 aliphatic rings. The van der Waals surface area contributed by atoms with Crippen molar-refractivity contribution in [3.8, 4) is 0 Å². The van der Waals surface area contributed by atoms with Gasteiger partial charge in [-0.1, -0.05) is 122 Å². The zero-order valence-electron chi connectivity index (χ0n) is 29.3. The van der Waals surface area contributed by atoms with Gasteiger partial charge in [-0.15, -0.1) is 0 Å². The number of nitrogens with one attached hydrogen (secondary N) is 1. The lowest BCUT2D eigenvalue weighted by molar-refractivity contribution is -0.119. The number of amides is 1. The van der Waals surface area contributed by atoms with Crippen LogP contribution in [-0.2, 0) is 32.5 Å². The highest BCUT2D eigenvalue weighted by Crippen LogP contribution is 2.34. The number of hydrogen-bond donors (Lipinski definition) is 1. The molecule has 0 aliphatic carbocycles. The van der Waals surface area contributed by atoms with Crippen LogP contribution in [0.4, 0.5) is 0 Å². The van der Waals surface area contributed by atoms with Gasteiger partial charge in [-0.3, -0.25) is 9.69 Å². The molecule has 1 amide bonds. The smallest absolute Gasteiger partial charge is 0.270 e. The Morgan fingerprint density at radius 3 is 2.18 bits per heavy atom. The quantitative estimate of drug-likeness (QED) is 0.127. The van der Waals surface area contributed by atoms with E-state index in [9.17, 15) is 13.2 Å². The Kier molecular flexibility index (Phi) is 11.6. The normalized spacial score (nSPS) is 14.4. The Morgan fingerprint density at radius 1 is 0.961 bits per heavy atom. The minimum absolute atomic E-state index is 0.0461. The number of benzene rings is 4. The molecule has 51 heavy (non-hydrogen) atoms. The van der Waals surface area contributed by atoms with Crippen LogP contribution in [0.3, 0.4) is 0 Å². The number of nitrogens with zero attached hydrogens (tertiary/aromatic N) is 3. The standard InChI is InChI=1S/C41H44N4O4S2/c1-5-35(32-19-17-31(18-20-32)27-45-36-26-29(3)25-30(4)39(36)42-37(45)6-2)41(50-28-44-21-23-49-24-22-44)51(47,48)43-40(46)38(33-13-9-7-10-14-33)34-15-11-8-12-16-34/h5,7-20,25-26,38H,1,6,21-24,27-28H2,2-4H3,(H,43,46)/b41-35-. The largest absolute Gasteiger partial charge is 0.379 e. The summed E-state index contributed by atoms with van der Waals surface area (Å²) in [6.07, 6.45) is 2.37. The highest BCUT2D eigenvalue weighted by Gasteiger charge is 2.31. The van der Waals surface area contributed by atoms with E-state index >= 15 is 0 Å². The maximum atomic E-state index is 14.4. The van der Waals surface area contributed by atoms with Gasteiger partial charge < -0.3 is 9.30 Å². The number of aryl methyl sites for hydroxylation is 3. The van der Waals surface area contributed by atoms with Crippen molar-refractivity contribution in [3.63, 3.8) is 0 Å². The van der Waals surface area contributed by atoms with Gasteiger partial charge in [0.15, 0.2) is 0 Å². The first-order valence-corrected chi connectivity index (χ1v) is 19.7. The highest BCUT2D eigenvalue weighted by molar-refractivity contribution is 8.18. The van der Waals surface area contributed by atoms with Crippen molar-refractivity contribution >= 4 is 44.3 Å². The van der Waals surface area contributed by atoms with Crippen molar-refractivity contribution in [2.45, 2.75) is 39.7 Å². The van der Waals surface area contributed by atoms with E-state index in [0.29, 0.717) is 61.0 Å². The Bertz CT molecular complexity index is 2100. The van der Waals surface area contributed by atoms with Crippen molar-refractivity contribution in [2.75, 3.05) is 32.2 Å². The average molecular weight is 721 g/mol. The van der Waals surface area contributed by atoms with Crippen molar-refractivity contribution in [1.82, 2.24) is 19.2 Å². The van der Waals surface area contributed by atoms with E-state index in [1.165, 1.54) is 17.3 Å². The second kappa shape index (κ2) is 16.2. The minimum atomic E-state index is -4.33. The van der Waals surface area contributed by atoms with E-state index < -0.39 is 21.8 Å². The zero-order valence-corrected chi connectivity index (χ0v) is 31.0. The van der Waals surface area contributed by atoms with Crippen LogP contribution in [0.25, 0.3) is 16.6 Å². The Morgan fingerprint density at radius 2 is 1.59 bits per heavy atom. The first kappa shape index (κ1) is 36.3. The van der Waals surface area contributed by atoms with E-state index in [4.69, 9.17) is 9.72 Å². The number of fused-ring (bicyclic) bond motifs is 1. The summed E-state index contributed by atoms with van der Waals surface area (Å²) in [6, 6.07) is 30.7. The highest BCUT2D eigenvalue weighted by atomic mass is 32.3. The summed E-state index contributed by atoms with van der Waals surface area (Å²) in [7, 11) is -4.33. The maximum Gasteiger partial charge on any atom is 0.270 e. The third-order valence-corrected chi connectivity index (χ3v) is 12.3. The number of allylic oxidation sites excluding steroid dienone is 2. The Balaban J connectivity index is 1.34. The van der Waals surface area contributed by atoms with Gasteiger partial charge in [0.25, 0.3) is 10.0 Å². The molecule has 264 valence electrons. The molecule has 1 aromatic heterocycles. The summed E-state index contributed by atoms with van der Waals surface area (Å²) in [4.78, 5) is 21.1. The van der Waals surface area contributed by atoms with Crippen LogP contribution < -0.4 is 4.72 Å². The number of rotatable bonds is 13. The fourth-order valence-corrected chi connectivity index (χ4v) is 9.34. The number of ether oxygens (including phenoxy) is 1. The molecule has 0 radical (unpaired) electrons. The molecule has 0 saturated carbocycles. The van der Waals surface area contributed by atoms with Crippen LogP contribution >= 0.6 is 11.8 Å². The molecule has 0 unspecified atom stereocenters.